The van der Waals surface area contributed by atoms with Crippen LogP contribution < -0.4 is 5.56 Å². The highest BCUT2D eigenvalue weighted by Crippen LogP contribution is 2.38. The molecule has 0 amide bonds. The first-order valence-corrected chi connectivity index (χ1v) is 19.8. The van der Waals surface area contributed by atoms with Crippen LogP contribution in [0, 0.1) is 18.3 Å². The number of nitrogens with zero attached hydrogens (tertiary/aromatic N) is 5. The van der Waals surface area contributed by atoms with Gasteiger partial charge in [-0.1, -0.05) is 83.2 Å². The zero-order chi connectivity index (χ0) is 33.9. The Bertz CT molecular complexity index is 1830. The third kappa shape index (κ3) is 7.44. The van der Waals surface area contributed by atoms with Crippen LogP contribution >= 0.6 is 0 Å². The van der Waals surface area contributed by atoms with Gasteiger partial charge in [0, 0.05) is 18.0 Å². The molecule has 8 nitrogen and oxygen atoms in total. The number of nitriles is 1. The quantitative estimate of drug-likeness (QED) is 0.120. The van der Waals surface area contributed by atoms with Gasteiger partial charge in [-0.25, -0.2) is 4.52 Å². The fraction of sp³-hybridized carbons (Fsp3) is 0.474. The van der Waals surface area contributed by atoms with Crippen LogP contribution in [0.1, 0.15) is 94.0 Å². The number of aryl methyl sites for hydroxylation is 2. The molecule has 9 heteroatoms. The maximum absolute atomic E-state index is 14.5. The summed E-state index contributed by atoms with van der Waals surface area (Å²) >= 11 is 0. The monoisotopic (exact) mass is 651 g/mol. The summed E-state index contributed by atoms with van der Waals surface area (Å²) in [6.45, 7) is 19.7. The highest BCUT2D eigenvalue weighted by atomic mass is 28.4. The van der Waals surface area contributed by atoms with Gasteiger partial charge in [0.2, 0.25) is 14.1 Å². The van der Waals surface area contributed by atoms with Gasteiger partial charge >= 0.3 is 0 Å². The molecule has 1 saturated carbocycles. The number of hydrogen-bond acceptors (Lipinski definition) is 6. The summed E-state index contributed by atoms with van der Waals surface area (Å²) in [5, 5.41) is 14.5. The van der Waals surface area contributed by atoms with Crippen molar-refractivity contribution in [1.82, 2.24) is 19.2 Å². The number of rotatable bonds is 11. The minimum atomic E-state index is -1.95. The average Bonchev–Trinajstić information content (AvgIpc) is 3.42. The Morgan fingerprint density at radius 2 is 1.77 bits per heavy atom. The van der Waals surface area contributed by atoms with Crippen LogP contribution in [0.15, 0.2) is 65.7 Å². The third-order valence-corrected chi connectivity index (χ3v) is 14.3. The van der Waals surface area contributed by atoms with Gasteiger partial charge in [0.1, 0.15) is 12.4 Å². The molecule has 1 fully saturated rings. The van der Waals surface area contributed by atoms with E-state index >= 15 is 0 Å². The Hall–Kier alpha value is -4.00. The largest absolute Gasteiger partial charge is 0.545 e. The molecule has 1 aliphatic carbocycles. The van der Waals surface area contributed by atoms with Gasteiger partial charge in [0.05, 0.1) is 29.2 Å². The standard InChI is InChI=1S/C38H49N5O3Si/c1-9-12-35-34(23-28-15-17-29(18-16-28)33-14-11-10-13-30(33)24-39)36(44)42(37-40-27(3)41-43(35)37)31-19-21-32(22-20-31)45-25-26(2)46-47(7,8)38(4,5)6/h10-11,13-18,31-32H,2,9,12,19-23,25H2,1,3-8H3. The van der Waals surface area contributed by atoms with Gasteiger partial charge in [0.25, 0.3) is 5.56 Å². The van der Waals surface area contributed by atoms with Gasteiger partial charge in [-0.2, -0.15) is 15.3 Å². The lowest BCUT2D eigenvalue weighted by molar-refractivity contribution is 0.0211. The van der Waals surface area contributed by atoms with Crippen molar-refractivity contribution in [3.05, 3.63) is 99.4 Å². The Labute approximate surface area is 280 Å². The molecule has 0 saturated heterocycles. The summed E-state index contributed by atoms with van der Waals surface area (Å²) in [7, 11) is -1.95. The normalized spacial score (nSPS) is 17.1. The molecule has 5 rings (SSSR count). The van der Waals surface area contributed by atoms with Crippen molar-refractivity contribution in [1.29, 1.82) is 5.26 Å². The van der Waals surface area contributed by atoms with Crippen molar-refractivity contribution in [3.8, 4) is 17.2 Å². The van der Waals surface area contributed by atoms with Gasteiger partial charge in [0.15, 0.2) is 0 Å². The second kappa shape index (κ2) is 14.0. The first-order chi connectivity index (χ1) is 22.3. The molecule has 0 radical (unpaired) electrons. The Morgan fingerprint density at radius 1 is 1.09 bits per heavy atom. The van der Waals surface area contributed by atoms with Gasteiger partial charge in [-0.3, -0.25) is 9.36 Å². The van der Waals surface area contributed by atoms with E-state index in [9.17, 15) is 10.1 Å². The first kappa shape index (κ1) is 34.3. The maximum atomic E-state index is 14.5. The molecule has 0 aliphatic heterocycles. The van der Waals surface area contributed by atoms with E-state index in [2.05, 4.69) is 65.6 Å². The zero-order valence-electron chi connectivity index (χ0n) is 29.1. The van der Waals surface area contributed by atoms with Crippen molar-refractivity contribution < 1.29 is 9.16 Å². The van der Waals surface area contributed by atoms with Gasteiger partial charge in [-0.05, 0) is 79.9 Å². The van der Waals surface area contributed by atoms with Crippen LogP contribution in [-0.4, -0.2) is 40.2 Å². The molecule has 47 heavy (non-hydrogen) atoms. The zero-order valence-corrected chi connectivity index (χ0v) is 30.1. The number of ether oxygens (including phenoxy) is 1. The molecule has 2 aromatic heterocycles. The lowest BCUT2D eigenvalue weighted by atomic mass is 9.92. The van der Waals surface area contributed by atoms with Crippen molar-refractivity contribution in [3.63, 3.8) is 0 Å². The van der Waals surface area contributed by atoms with E-state index in [1.165, 1.54) is 0 Å². The summed E-state index contributed by atoms with van der Waals surface area (Å²) < 4.78 is 16.4. The van der Waals surface area contributed by atoms with Crippen LogP contribution in [0.4, 0.5) is 0 Å². The average molecular weight is 652 g/mol. The fourth-order valence-electron chi connectivity index (χ4n) is 6.29. The van der Waals surface area contributed by atoms with E-state index in [0.29, 0.717) is 36.0 Å². The molecule has 1 aliphatic rings. The van der Waals surface area contributed by atoms with Gasteiger partial charge in [-0.15, -0.1) is 0 Å². The lowest BCUT2D eigenvalue weighted by Gasteiger charge is -2.37. The highest BCUT2D eigenvalue weighted by Gasteiger charge is 2.39. The van der Waals surface area contributed by atoms with Gasteiger partial charge < -0.3 is 9.16 Å². The van der Waals surface area contributed by atoms with E-state index in [0.717, 1.165) is 66.5 Å². The predicted octanol–water partition coefficient (Wildman–Crippen LogP) is 8.32. The molecule has 0 unspecified atom stereocenters. The molecular formula is C38H49N5O3Si. The molecule has 2 aromatic carbocycles. The fourth-order valence-corrected chi connectivity index (χ4v) is 7.38. The molecule has 0 atom stereocenters. The molecule has 0 spiro atoms. The summed E-state index contributed by atoms with van der Waals surface area (Å²) in [4.78, 5) is 19.2. The Balaban J connectivity index is 1.37. The minimum absolute atomic E-state index is 0.0134. The summed E-state index contributed by atoms with van der Waals surface area (Å²) in [6, 6.07) is 18.1. The molecule has 248 valence electrons. The second-order valence-corrected chi connectivity index (χ2v) is 19.1. The summed E-state index contributed by atoms with van der Waals surface area (Å²) in [6.07, 6.45) is 5.56. The Morgan fingerprint density at radius 3 is 2.40 bits per heavy atom. The van der Waals surface area contributed by atoms with Crippen LogP contribution in [-0.2, 0) is 22.0 Å². The molecule has 0 N–H and O–H groups in total. The number of fused-ring (bicyclic) bond motifs is 1. The van der Waals surface area contributed by atoms with Crippen LogP contribution in [0.5, 0.6) is 0 Å². The van der Waals surface area contributed by atoms with E-state index in [1.807, 2.05) is 52.4 Å². The van der Waals surface area contributed by atoms with E-state index in [-0.39, 0.29) is 22.7 Å². The molecular weight excluding hydrogens is 603 g/mol. The lowest BCUT2D eigenvalue weighted by Crippen LogP contribution is -2.41. The summed E-state index contributed by atoms with van der Waals surface area (Å²) in [5.74, 6) is 1.99. The Kier molecular flexibility index (Phi) is 10.2. The van der Waals surface area contributed by atoms with E-state index in [1.54, 1.807) is 0 Å². The van der Waals surface area contributed by atoms with Crippen LogP contribution in [0.25, 0.3) is 16.9 Å². The van der Waals surface area contributed by atoms with Crippen molar-refractivity contribution in [2.24, 2.45) is 0 Å². The molecule has 0 bridgehead atoms. The maximum Gasteiger partial charge on any atom is 0.259 e. The smallest absolute Gasteiger partial charge is 0.259 e. The third-order valence-electron chi connectivity index (χ3n) is 9.87. The number of hydrogen-bond donors (Lipinski definition) is 0. The highest BCUT2D eigenvalue weighted by molar-refractivity contribution is 6.74. The van der Waals surface area contributed by atoms with Crippen molar-refractivity contribution in [2.75, 3.05) is 6.61 Å². The summed E-state index contributed by atoms with van der Waals surface area (Å²) in [5.41, 5.74) is 5.29. The van der Waals surface area contributed by atoms with Crippen LogP contribution in [0.2, 0.25) is 18.1 Å². The predicted molar refractivity (Wildman–Crippen MR) is 190 cm³/mol. The SMILES string of the molecule is C=C(COC1CCC(n2c(=O)c(Cc3ccc(-c4ccccc4C#N)cc3)c(CCC)n3nc(C)nc23)CC1)O[Si](C)(C)C(C)(C)C. The van der Waals surface area contributed by atoms with Crippen molar-refractivity contribution >= 4 is 14.1 Å². The number of benzene rings is 2. The second-order valence-electron chi connectivity index (χ2n) is 14.4. The topological polar surface area (TPSA) is 94.4 Å². The van der Waals surface area contributed by atoms with Crippen molar-refractivity contribution in [2.45, 2.75) is 110 Å². The van der Waals surface area contributed by atoms with E-state index < -0.39 is 8.32 Å². The first-order valence-electron chi connectivity index (χ1n) is 16.9. The molecule has 2 heterocycles. The number of aromatic nitrogens is 4. The van der Waals surface area contributed by atoms with Crippen LogP contribution in [0.3, 0.4) is 0 Å². The van der Waals surface area contributed by atoms with E-state index in [4.69, 9.17) is 19.2 Å². The molecule has 4 aromatic rings. The minimum Gasteiger partial charge on any atom is -0.545 e.